The first-order chi connectivity index (χ1) is 15.6. The summed E-state index contributed by atoms with van der Waals surface area (Å²) in [7, 11) is 0. The molecule has 1 saturated heterocycles. The molecule has 2 aliphatic heterocycles. The largest absolute Gasteiger partial charge is 0.480 e. The maximum Gasteiger partial charge on any atom is 0.326 e. The number of aliphatic carboxylic acids is 1. The van der Waals surface area contributed by atoms with E-state index in [-0.39, 0.29) is 18.0 Å². The van der Waals surface area contributed by atoms with Crippen LogP contribution < -0.4 is 16.4 Å². The molecule has 3 amide bonds. The molecule has 1 aromatic carbocycles. The van der Waals surface area contributed by atoms with Crippen molar-refractivity contribution in [1.29, 1.82) is 0 Å². The highest BCUT2D eigenvalue weighted by atomic mass is 32.2. The molecule has 2 aliphatic rings. The van der Waals surface area contributed by atoms with Crippen LogP contribution in [0.25, 0.3) is 0 Å². The summed E-state index contributed by atoms with van der Waals surface area (Å²) >= 11 is 1.44. The zero-order valence-electron chi connectivity index (χ0n) is 18.9. The molecule has 3 rings (SSSR count). The molecule has 0 radical (unpaired) electrons. The van der Waals surface area contributed by atoms with Crippen LogP contribution in [0.15, 0.2) is 41.6 Å². The molecule has 10 heteroatoms. The summed E-state index contributed by atoms with van der Waals surface area (Å²) in [5, 5.41) is 14.4. The summed E-state index contributed by atoms with van der Waals surface area (Å²) in [6.07, 6.45) is 0.617. The van der Waals surface area contributed by atoms with Crippen LogP contribution in [0.3, 0.4) is 0 Å². The number of nitrogens with two attached hydrogens (primary N) is 1. The van der Waals surface area contributed by atoms with E-state index in [1.54, 1.807) is 31.2 Å². The van der Waals surface area contributed by atoms with Gasteiger partial charge in [0.05, 0.1) is 6.04 Å². The SMILES string of the molecule is CC1=C(C(=O)N[C@@H](Cc2ccccc2)C(=O)O)N2C(=O)[C@@H](NC(=O)[C@@H](N)CC(C)C)[C@H]2SC1. The normalized spacial score (nSPS) is 21.7. The monoisotopic (exact) mass is 474 g/mol. The number of amides is 3. The van der Waals surface area contributed by atoms with Crippen molar-refractivity contribution >= 4 is 35.5 Å². The van der Waals surface area contributed by atoms with Gasteiger partial charge in [0, 0.05) is 12.2 Å². The number of β-lactam (4-membered cyclic amide) rings is 1. The molecular formula is C23H30N4O5S. The molecule has 33 heavy (non-hydrogen) atoms. The number of hydrogen-bond acceptors (Lipinski definition) is 6. The Labute approximate surface area is 197 Å². The molecule has 4 atom stereocenters. The number of benzene rings is 1. The van der Waals surface area contributed by atoms with Crippen LogP contribution in [0.1, 0.15) is 32.8 Å². The average molecular weight is 475 g/mol. The lowest BCUT2D eigenvalue weighted by Crippen LogP contribution is -2.72. The minimum atomic E-state index is -1.16. The second kappa shape index (κ2) is 10.4. The van der Waals surface area contributed by atoms with Crippen molar-refractivity contribution in [1.82, 2.24) is 15.5 Å². The zero-order valence-corrected chi connectivity index (χ0v) is 19.7. The third-order valence-corrected chi connectivity index (χ3v) is 7.04. The van der Waals surface area contributed by atoms with E-state index in [1.807, 2.05) is 19.9 Å². The highest BCUT2D eigenvalue weighted by Gasteiger charge is 2.54. The lowest BCUT2D eigenvalue weighted by atomic mass is 10.00. The second-order valence-electron chi connectivity index (χ2n) is 8.82. The Morgan fingerprint density at radius 1 is 1.24 bits per heavy atom. The zero-order chi connectivity index (χ0) is 24.3. The number of carboxylic acid groups (broad SMARTS) is 1. The Morgan fingerprint density at radius 3 is 2.52 bits per heavy atom. The van der Waals surface area contributed by atoms with Gasteiger partial charge >= 0.3 is 5.97 Å². The van der Waals surface area contributed by atoms with Crippen molar-refractivity contribution in [3.8, 4) is 0 Å². The molecule has 2 heterocycles. The standard InChI is InChI=1S/C23H30N4O5S/c1-12(2)9-15(24)19(28)26-17-21(30)27-18(13(3)11-33-22(17)27)20(29)25-16(23(31)32)10-14-7-5-4-6-8-14/h4-8,12,15-17,22H,9-11,24H2,1-3H3,(H,25,29)(H,26,28)(H,31,32)/t15-,16-,17+,22+/m0/s1. The highest BCUT2D eigenvalue weighted by Crippen LogP contribution is 2.40. The molecule has 0 aliphatic carbocycles. The number of thioether (sulfide) groups is 1. The van der Waals surface area contributed by atoms with Gasteiger partial charge in [-0.05, 0) is 30.4 Å². The Morgan fingerprint density at radius 2 is 1.91 bits per heavy atom. The Bertz CT molecular complexity index is 965. The molecule has 5 N–H and O–H groups in total. The molecule has 0 spiro atoms. The summed E-state index contributed by atoms with van der Waals surface area (Å²) in [5.74, 6) is -1.85. The third kappa shape index (κ3) is 5.56. The van der Waals surface area contributed by atoms with E-state index in [0.717, 1.165) is 5.56 Å². The third-order valence-electron chi connectivity index (χ3n) is 5.62. The Kier molecular flexibility index (Phi) is 7.80. The fourth-order valence-electron chi connectivity index (χ4n) is 3.94. The maximum absolute atomic E-state index is 13.1. The van der Waals surface area contributed by atoms with Crippen molar-refractivity contribution in [2.24, 2.45) is 11.7 Å². The quantitative estimate of drug-likeness (QED) is 0.389. The van der Waals surface area contributed by atoms with Gasteiger partial charge in [0.15, 0.2) is 0 Å². The van der Waals surface area contributed by atoms with Crippen LogP contribution in [0, 0.1) is 5.92 Å². The summed E-state index contributed by atoms with van der Waals surface area (Å²) in [6, 6.07) is 6.37. The minimum Gasteiger partial charge on any atom is -0.480 e. The fraction of sp³-hybridized carbons (Fsp3) is 0.478. The molecule has 9 nitrogen and oxygen atoms in total. The van der Waals surface area contributed by atoms with Crippen molar-refractivity contribution in [3.63, 3.8) is 0 Å². The van der Waals surface area contributed by atoms with Gasteiger partial charge in [-0.2, -0.15) is 0 Å². The lowest BCUT2D eigenvalue weighted by Gasteiger charge is -2.50. The smallest absolute Gasteiger partial charge is 0.326 e. The maximum atomic E-state index is 13.1. The van der Waals surface area contributed by atoms with Crippen LogP contribution in [0.5, 0.6) is 0 Å². The number of carbonyl (C=O) groups is 4. The van der Waals surface area contributed by atoms with Crippen LogP contribution in [-0.4, -0.2) is 62.9 Å². The van der Waals surface area contributed by atoms with E-state index in [1.165, 1.54) is 16.7 Å². The molecular weight excluding hydrogens is 444 g/mol. The van der Waals surface area contributed by atoms with E-state index >= 15 is 0 Å². The number of rotatable bonds is 9. The van der Waals surface area contributed by atoms with Gasteiger partial charge in [0.1, 0.15) is 23.2 Å². The second-order valence-corrected chi connectivity index (χ2v) is 9.92. The average Bonchev–Trinajstić information content (AvgIpc) is 2.76. The molecule has 178 valence electrons. The van der Waals surface area contributed by atoms with Gasteiger partial charge in [-0.3, -0.25) is 19.3 Å². The van der Waals surface area contributed by atoms with Gasteiger partial charge in [-0.15, -0.1) is 11.8 Å². The first kappa shape index (κ1) is 24.8. The molecule has 0 unspecified atom stereocenters. The topological polar surface area (TPSA) is 142 Å². The number of carbonyl (C=O) groups excluding carboxylic acids is 3. The molecule has 0 aromatic heterocycles. The van der Waals surface area contributed by atoms with Crippen molar-refractivity contribution in [3.05, 3.63) is 47.2 Å². The van der Waals surface area contributed by atoms with Crippen LogP contribution in [0.2, 0.25) is 0 Å². The summed E-state index contributed by atoms with van der Waals surface area (Å²) in [4.78, 5) is 51.5. The van der Waals surface area contributed by atoms with E-state index in [9.17, 15) is 24.3 Å². The van der Waals surface area contributed by atoms with E-state index in [0.29, 0.717) is 17.7 Å². The number of nitrogens with one attached hydrogen (secondary N) is 2. The molecule has 0 saturated carbocycles. The number of nitrogens with zero attached hydrogens (tertiary/aromatic N) is 1. The first-order valence-corrected chi connectivity index (χ1v) is 11.9. The van der Waals surface area contributed by atoms with Crippen LogP contribution in [-0.2, 0) is 25.6 Å². The number of hydrogen-bond donors (Lipinski definition) is 4. The predicted octanol–water partition coefficient (Wildman–Crippen LogP) is 0.846. The van der Waals surface area contributed by atoms with Crippen LogP contribution in [0.4, 0.5) is 0 Å². The Balaban J connectivity index is 1.69. The van der Waals surface area contributed by atoms with Gasteiger partial charge in [-0.1, -0.05) is 44.2 Å². The lowest BCUT2D eigenvalue weighted by molar-refractivity contribution is -0.148. The van der Waals surface area contributed by atoms with E-state index in [2.05, 4.69) is 10.6 Å². The fourth-order valence-corrected chi connectivity index (χ4v) is 5.24. The summed E-state index contributed by atoms with van der Waals surface area (Å²) in [5.41, 5.74) is 7.53. The number of fused-ring (bicyclic) bond motifs is 1. The van der Waals surface area contributed by atoms with E-state index < -0.39 is 47.2 Å². The van der Waals surface area contributed by atoms with Crippen molar-refractivity contribution < 1.29 is 24.3 Å². The van der Waals surface area contributed by atoms with E-state index in [4.69, 9.17) is 5.73 Å². The minimum absolute atomic E-state index is 0.118. The van der Waals surface area contributed by atoms with Gasteiger partial charge in [-0.25, -0.2) is 4.79 Å². The van der Waals surface area contributed by atoms with Gasteiger partial charge in [0.25, 0.3) is 11.8 Å². The summed E-state index contributed by atoms with van der Waals surface area (Å²) in [6.45, 7) is 5.66. The highest BCUT2D eigenvalue weighted by molar-refractivity contribution is 8.00. The predicted molar refractivity (Wildman–Crippen MR) is 125 cm³/mol. The van der Waals surface area contributed by atoms with Gasteiger partial charge in [0.2, 0.25) is 5.91 Å². The van der Waals surface area contributed by atoms with Crippen molar-refractivity contribution in [2.45, 2.75) is 57.1 Å². The summed E-state index contributed by atoms with van der Waals surface area (Å²) < 4.78 is 0. The molecule has 0 bridgehead atoms. The Hall–Kier alpha value is -2.85. The van der Waals surface area contributed by atoms with Gasteiger partial charge < -0.3 is 21.5 Å². The van der Waals surface area contributed by atoms with Crippen molar-refractivity contribution in [2.75, 3.05) is 5.75 Å². The molecule has 1 fully saturated rings. The first-order valence-electron chi connectivity index (χ1n) is 10.9. The number of carboxylic acids is 1. The molecule has 1 aromatic rings. The van der Waals surface area contributed by atoms with Crippen LogP contribution >= 0.6 is 11.8 Å².